The highest BCUT2D eigenvalue weighted by Crippen LogP contribution is 2.39. The van der Waals surface area contributed by atoms with Crippen LogP contribution in [-0.4, -0.2) is 68.9 Å². The molecule has 2 fully saturated rings. The number of hydrogen-bond acceptors (Lipinski definition) is 9. The molecule has 3 N–H and O–H groups in total. The number of piperidine rings is 1. The molecule has 38 heavy (non-hydrogen) atoms. The lowest BCUT2D eigenvalue weighted by Crippen LogP contribution is -2.44. The van der Waals surface area contributed by atoms with Gasteiger partial charge in [0.2, 0.25) is 11.8 Å². The minimum Gasteiger partial charge on any atom is -0.480 e. The monoisotopic (exact) mass is 554 g/mol. The second-order valence-electron chi connectivity index (χ2n) is 10.3. The van der Waals surface area contributed by atoms with Crippen molar-refractivity contribution in [3.05, 3.63) is 46.7 Å². The summed E-state index contributed by atoms with van der Waals surface area (Å²) < 4.78 is 5.26. The quantitative estimate of drug-likeness (QED) is 0.401. The number of pyridine rings is 1. The average molecular weight is 555 g/mol. The van der Waals surface area contributed by atoms with Crippen molar-refractivity contribution in [3.63, 3.8) is 0 Å². The van der Waals surface area contributed by atoms with Crippen LogP contribution in [0.25, 0.3) is 11.0 Å². The number of aliphatic hydroxyl groups is 1. The van der Waals surface area contributed by atoms with Gasteiger partial charge in [-0.3, -0.25) is 9.69 Å². The van der Waals surface area contributed by atoms with E-state index in [-0.39, 0.29) is 5.91 Å². The number of aromatic nitrogens is 3. The number of methoxy groups -OCH3 is 1. The van der Waals surface area contributed by atoms with Crippen LogP contribution in [0.15, 0.2) is 35.4 Å². The zero-order chi connectivity index (χ0) is 26.2. The van der Waals surface area contributed by atoms with E-state index in [1.54, 1.807) is 19.4 Å². The standard InChI is InChI=1S/C27H31ClN6O3S/c1-37-24-12-30-19-6-5-18(28)25(26(19)33-24)21(35)13-34-8-2-3-15-9-17(10-20(15)34)29-11-16-4-7-22-27(31-16)32-23(36)14-38-22/h4-7,12,15,17,20-21,29,35H,2-3,8-11,13-14H2,1H3,(H,31,32,36). The Morgan fingerprint density at radius 3 is 3.05 bits per heavy atom. The number of nitrogens with one attached hydrogen (secondary N) is 2. The molecular weight excluding hydrogens is 524 g/mol. The number of benzene rings is 1. The number of β-amino-alcohol motifs (C(OH)–C–C–N with tert-alkyl or cyclic N) is 1. The molecule has 4 unspecified atom stereocenters. The Morgan fingerprint density at radius 1 is 1.29 bits per heavy atom. The Balaban J connectivity index is 1.12. The summed E-state index contributed by atoms with van der Waals surface area (Å²) in [5.41, 5.74) is 2.79. The van der Waals surface area contributed by atoms with Gasteiger partial charge < -0.3 is 20.5 Å². The molecule has 1 amide bonds. The summed E-state index contributed by atoms with van der Waals surface area (Å²) in [5.74, 6) is 2.09. The van der Waals surface area contributed by atoms with Gasteiger partial charge >= 0.3 is 0 Å². The largest absolute Gasteiger partial charge is 0.480 e. The van der Waals surface area contributed by atoms with Crippen molar-refractivity contribution < 1.29 is 14.6 Å². The number of anilines is 1. The van der Waals surface area contributed by atoms with Crippen LogP contribution >= 0.6 is 23.4 Å². The van der Waals surface area contributed by atoms with E-state index in [1.165, 1.54) is 18.2 Å². The second kappa shape index (κ2) is 10.9. The first kappa shape index (κ1) is 25.8. The van der Waals surface area contributed by atoms with Gasteiger partial charge in [0.15, 0.2) is 0 Å². The summed E-state index contributed by atoms with van der Waals surface area (Å²) in [4.78, 5) is 28.8. The topological polar surface area (TPSA) is 113 Å². The number of rotatable bonds is 7. The molecular formula is C27H31ClN6O3S. The Kier molecular flexibility index (Phi) is 7.41. The highest BCUT2D eigenvalue weighted by Gasteiger charge is 2.40. The zero-order valence-electron chi connectivity index (χ0n) is 21.2. The fraction of sp³-hybridized carbons (Fsp3) is 0.481. The van der Waals surface area contributed by atoms with Gasteiger partial charge in [-0.25, -0.2) is 15.0 Å². The normalized spacial score (nSPS) is 24.1. The average Bonchev–Trinajstić information content (AvgIpc) is 3.35. The molecule has 1 saturated carbocycles. The molecule has 6 rings (SSSR count). The van der Waals surface area contributed by atoms with E-state index >= 15 is 0 Å². The number of aliphatic hydroxyl groups excluding tert-OH is 1. The number of fused-ring (bicyclic) bond motifs is 3. The van der Waals surface area contributed by atoms with Crippen LogP contribution in [0.1, 0.15) is 43.0 Å². The molecule has 0 bridgehead atoms. The van der Waals surface area contributed by atoms with Gasteiger partial charge in [-0.2, -0.15) is 0 Å². The van der Waals surface area contributed by atoms with Crippen LogP contribution in [0.3, 0.4) is 0 Å². The predicted molar refractivity (Wildman–Crippen MR) is 148 cm³/mol. The molecule has 4 atom stereocenters. The molecule has 0 spiro atoms. The maximum atomic E-state index is 11.7. The van der Waals surface area contributed by atoms with Gasteiger partial charge in [-0.05, 0) is 62.4 Å². The van der Waals surface area contributed by atoms with Crippen molar-refractivity contribution in [2.75, 3.05) is 31.3 Å². The number of nitrogens with zero attached hydrogens (tertiary/aromatic N) is 4. The summed E-state index contributed by atoms with van der Waals surface area (Å²) in [6.07, 6.45) is 5.22. The summed E-state index contributed by atoms with van der Waals surface area (Å²) in [7, 11) is 1.55. The summed E-state index contributed by atoms with van der Waals surface area (Å²) >= 11 is 8.10. The lowest BCUT2D eigenvalue weighted by atomic mass is 9.91. The molecule has 0 radical (unpaired) electrons. The summed E-state index contributed by atoms with van der Waals surface area (Å²) in [6.45, 7) is 2.11. The SMILES string of the molecule is COc1cnc2ccc(Cl)c(C(O)CN3CCCC4CC(NCc5ccc6c(n5)NC(=O)CS6)CC43)c2n1. The minimum absolute atomic E-state index is 0.00164. The zero-order valence-corrected chi connectivity index (χ0v) is 22.8. The predicted octanol–water partition coefficient (Wildman–Crippen LogP) is 3.80. The van der Waals surface area contributed by atoms with Gasteiger partial charge in [0.05, 0.1) is 41.3 Å². The third kappa shape index (κ3) is 5.20. The van der Waals surface area contributed by atoms with E-state index in [0.29, 0.717) is 70.2 Å². The van der Waals surface area contributed by atoms with Crippen LogP contribution in [-0.2, 0) is 11.3 Å². The highest BCUT2D eigenvalue weighted by molar-refractivity contribution is 8.00. The Morgan fingerprint density at radius 2 is 2.18 bits per heavy atom. The first-order valence-electron chi connectivity index (χ1n) is 13.1. The first-order chi connectivity index (χ1) is 18.5. The van der Waals surface area contributed by atoms with Crippen molar-refractivity contribution in [3.8, 4) is 5.88 Å². The smallest absolute Gasteiger partial charge is 0.235 e. The van der Waals surface area contributed by atoms with E-state index in [0.717, 1.165) is 36.4 Å². The number of carbonyl (C=O) groups excluding carboxylic acids is 1. The van der Waals surface area contributed by atoms with Crippen LogP contribution in [0, 0.1) is 5.92 Å². The third-order valence-electron chi connectivity index (χ3n) is 7.88. The number of halogens is 1. The van der Waals surface area contributed by atoms with Gasteiger partial charge in [0, 0.05) is 35.8 Å². The molecule has 1 aliphatic carbocycles. The molecule has 1 saturated heterocycles. The van der Waals surface area contributed by atoms with E-state index in [9.17, 15) is 9.90 Å². The van der Waals surface area contributed by atoms with E-state index in [1.807, 2.05) is 18.2 Å². The number of thioether (sulfide) groups is 1. The number of likely N-dealkylation sites (tertiary alicyclic amines) is 1. The lowest BCUT2D eigenvalue weighted by Gasteiger charge is -2.38. The minimum atomic E-state index is -0.786. The molecule has 3 aliphatic rings. The Hall–Kier alpha value is -2.50. The van der Waals surface area contributed by atoms with Gasteiger partial charge in [0.25, 0.3) is 0 Å². The lowest BCUT2D eigenvalue weighted by molar-refractivity contribution is -0.113. The number of amides is 1. The van der Waals surface area contributed by atoms with Crippen LogP contribution < -0.4 is 15.4 Å². The maximum Gasteiger partial charge on any atom is 0.235 e. The fourth-order valence-electron chi connectivity index (χ4n) is 6.11. The molecule has 1 aromatic carbocycles. The molecule has 4 heterocycles. The Bertz CT molecular complexity index is 1360. The van der Waals surface area contributed by atoms with Gasteiger partial charge in [-0.15, -0.1) is 11.8 Å². The second-order valence-corrected chi connectivity index (χ2v) is 11.7. The van der Waals surface area contributed by atoms with E-state index < -0.39 is 6.10 Å². The van der Waals surface area contributed by atoms with Crippen LogP contribution in [0.4, 0.5) is 5.82 Å². The third-order valence-corrected chi connectivity index (χ3v) is 9.26. The highest BCUT2D eigenvalue weighted by atomic mass is 35.5. The first-order valence-corrected chi connectivity index (χ1v) is 14.4. The van der Waals surface area contributed by atoms with Crippen molar-refractivity contribution in [1.29, 1.82) is 0 Å². The molecule has 200 valence electrons. The van der Waals surface area contributed by atoms with Crippen molar-refractivity contribution in [2.45, 2.75) is 55.3 Å². The van der Waals surface area contributed by atoms with Gasteiger partial charge in [-0.1, -0.05) is 11.6 Å². The van der Waals surface area contributed by atoms with Crippen molar-refractivity contribution in [1.82, 2.24) is 25.2 Å². The number of ether oxygens (including phenoxy) is 1. The van der Waals surface area contributed by atoms with Crippen LogP contribution in [0.5, 0.6) is 5.88 Å². The van der Waals surface area contributed by atoms with Crippen molar-refractivity contribution >= 4 is 46.1 Å². The molecule has 2 aromatic heterocycles. The summed E-state index contributed by atoms with van der Waals surface area (Å²) in [6, 6.07) is 8.44. The van der Waals surface area contributed by atoms with E-state index in [2.05, 4.69) is 30.5 Å². The van der Waals surface area contributed by atoms with Gasteiger partial charge in [0.1, 0.15) is 11.3 Å². The number of carbonyl (C=O) groups is 1. The number of hydrogen-bond donors (Lipinski definition) is 3. The van der Waals surface area contributed by atoms with Crippen LogP contribution in [0.2, 0.25) is 5.02 Å². The molecule has 11 heteroatoms. The molecule has 9 nitrogen and oxygen atoms in total. The van der Waals surface area contributed by atoms with Crippen molar-refractivity contribution in [2.24, 2.45) is 5.92 Å². The molecule has 3 aromatic rings. The van der Waals surface area contributed by atoms with E-state index in [4.69, 9.17) is 16.3 Å². The Labute approximate surface area is 230 Å². The fourth-order valence-corrected chi connectivity index (χ4v) is 7.15. The maximum absolute atomic E-state index is 11.7. The molecule has 2 aliphatic heterocycles. The summed E-state index contributed by atoms with van der Waals surface area (Å²) in [5, 5.41) is 18.4.